The van der Waals surface area contributed by atoms with Crippen LogP contribution in [-0.2, 0) is 6.42 Å². The number of rotatable bonds is 6. The highest BCUT2D eigenvalue weighted by Gasteiger charge is 2.41. The summed E-state index contributed by atoms with van der Waals surface area (Å²) in [5.41, 5.74) is 3.55. The van der Waals surface area contributed by atoms with Gasteiger partial charge in [-0.2, -0.15) is 0 Å². The topological polar surface area (TPSA) is 97.7 Å². The Hall–Kier alpha value is -3.53. The summed E-state index contributed by atoms with van der Waals surface area (Å²) in [4.78, 5) is 27.0. The number of amides is 1. The summed E-state index contributed by atoms with van der Waals surface area (Å²) in [6, 6.07) is 5.31. The predicted octanol–water partition coefficient (Wildman–Crippen LogP) is 5.69. The van der Waals surface area contributed by atoms with Gasteiger partial charge in [0, 0.05) is 30.2 Å². The van der Waals surface area contributed by atoms with E-state index in [1.165, 1.54) is 22.3 Å². The van der Waals surface area contributed by atoms with Crippen molar-refractivity contribution in [3.8, 4) is 22.2 Å². The molecule has 0 fully saturated rings. The van der Waals surface area contributed by atoms with Crippen molar-refractivity contribution < 1.29 is 23.8 Å². The van der Waals surface area contributed by atoms with Crippen LogP contribution >= 0.6 is 11.3 Å². The van der Waals surface area contributed by atoms with E-state index in [4.69, 9.17) is 14.5 Å². The van der Waals surface area contributed by atoms with Gasteiger partial charge in [0.2, 0.25) is 5.88 Å². The lowest BCUT2D eigenvalue weighted by atomic mass is 9.98. The molecule has 1 atom stereocenters. The molecule has 2 aromatic heterocycles. The number of benzene rings is 2. The molecule has 0 saturated heterocycles. The summed E-state index contributed by atoms with van der Waals surface area (Å²) in [6.45, 7) is 8.23. The first-order valence-corrected chi connectivity index (χ1v) is 12.5. The molecule has 36 heavy (non-hydrogen) atoms. The molecule has 3 heterocycles. The molecule has 4 aromatic rings. The van der Waals surface area contributed by atoms with Gasteiger partial charge < -0.3 is 19.5 Å². The lowest BCUT2D eigenvalue weighted by Crippen LogP contribution is -2.47. The van der Waals surface area contributed by atoms with Crippen molar-refractivity contribution in [2.45, 2.75) is 39.7 Å². The van der Waals surface area contributed by atoms with Crippen molar-refractivity contribution in [3.63, 3.8) is 0 Å². The number of aromatic nitrogens is 3. The summed E-state index contributed by atoms with van der Waals surface area (Å²) in [5, 5.41) is 10.4. The molecule has 5 rings (SSSR count). The minimum atomic E-state index is -1.01. The fraction of sp³-hybridized carbons (Fsp3) is 0.385. The average Bonchev–Trinajstić information content (AvgIpc) is 3.38. The fourth-order valence-electron chi connectivity index (χ4n) is 4.77. The molecule has 1 aliphatic heterocycles. The van der Waals surface area contributed by atoms with E-state index in [9.17, 15) is 9.90 Å². The molecule has 2 aromatic carbocycles. The number of carboxylic acid groups (broad SMARTS) is 1. The normalized spacial score (nSPS) is 17.0. The number of hydrogen-bond donors (Lipinski definition) is 1. The number of carbonyl (C=O) groups is 1. The molecule has 0 saturated carbocycles. The van der Waals surface area contributed by atoms with E-state index in [1.807, 2.05) is 39.8 Å². The second-order valence-electron chi connectivity index (χ2n) is 9.91. The quantitative estimate of drug-likeness (QED) is 0.356. The standard InChI is InChI=1S/C26H27FN4O4S/c1-13(2)11-31(25(32)33)12-26(4)9-16-22(35-26)17(27)8-19-23(16)36-24(30-19)15-6-14(3)7-18-21(15)28-10-20(29-18)34-5/h6-8,10,13H,9,11-12H2,1-5H3,(H,32,33)/t26-/m0/s1. The molecule has 1 aliphatic rings. The van der Waals surface area contributed by atoms with Crippen molar-refractivity contribution in [2.75, 3.05) is 20.2 Å². The SMILES string of the molecule is COc1cnc2c(-c3nc4cc(F)c5c(c4s3)C[C@@](C)(CN(CC(C)C)C(=O)O)O5)cc(C)cc2n1. The van der Waals surface area contributed by atoms with Crippen LogP contribution in [0.2, 0.25) is 0 Å². The second-order valence-corrected chi connectivity index (χ2v) is 10.9. The van der Waals surface area contributed by atoms with Gasteiger partial charge in [0.15, 0.2) is 11.6 Å². The second kappa shape index (κ2) is 8.85. The Labute approximate surface area is 211 Å². The third-order valence-electron chi connectivity index (χ3n) is 6.17. The molecule has 1 amide bonds. The molecule has 0 aliphatic carbocycles. The monoisotopic (exact) mass is 510 g/mol. The van der Waals surface area contributed by atoms with Crippen LogP contribution < -0.4 is 9.47 Å². The van der Waals surface area contributed by atoms with E-state index < -0.39 is 17.5 Å². The van der Waals surface area contributed by atoms with Crippen LogP contribution in [0.3, 0.4) is 0 Å². The zero-order valence-electron chi connectivity index (χ0n) is 20.8. The van der Waals surface area contributed by atoms with Crippen LogP contribution in [0, 0.1) is 18.7 Å². The van der Waals surface area contributed by atoms with Crippen LogP contribution in [0.25, 0.3) is 31.8 Å². The van der Waals surface area contributed by atoms with E-state index >= 15 is 4.39 Å². The van der Waals surface area contributed by atoms with Crippen molar-refractivity contribution in [1.82, 2.24) is 19.9 Å². The Morgan fingerprint density at radius 1 is 1.31 bits per heavy atom. The van der Waals surface area contributed by atoms with E-state index in [0.717, 1.165) is 21.4 Å². The highest BCUT2D eigenvalue weighted by atomic mass is 32.1. The van der Waals surface area contributed by atoms with Crippen LogP contribution in [0.15, 0.2) is 24.4 Å². The lowest BCUT2D eigenvalue weighted by Gasteiger charge is -2.31. The van der Waals surface area contributed by atoms with Crippen LogP contribution in [0.4, 0.5) is 9.18 Å². The predicted molar refractivity (Wildman–Crippen MR) is 137 cm³/mol. The number of fused-ring (bicyclic) bond motifs is 4. The Kier molecular flexibility index (Phi) is 5.94. The van der Waals surface area contributed by atoms with Crippen molar-refractivity contribution in [2.24, 2.45) is 5.92 Å². The molecular weight excluding hydrogens is 483 g/mol. The maximum absolute atomic E-state index is 15.2. The number of aryl methyl sites for hydroxylation is 1. The zero-order valence-corrected chi connectivity index (χ0v) is 21.6. The Morgan fingerprint density at radius 2 is 2.08 bits per heavy atom. The van der Waals surface area contributed by atoms with Crippen LogP contribution in [0.5, 0.6) is 11.6 Å². The lowest BCUT2D eigenvalue weighted by molar-refractivity contribution is 0.0541. The molecule has 10 heteroatoms. The third-order valence-corrected chi connectivity index (χ3v) is 7.34. The minimum Gasteiger partial charge on any atom is -0.482 e. The smallest absolute Gasteiger partial charge is 0.407 e. The first-order chi connectivity index (χ1) is 17.1. The summed E-state index contributed by atoms with van der Waals surface area (Å²) in [7, 11) is 1.55. The number of nitrogens with zero attached hydrogens (tertiary/aromatic N) is 4. The average molecular weight is 511 g/mol. The van der Waals surface area contributed by atoms with Gasteiger partial charge >= 0.3 is 6.09 Å². The number of thiazole rings is 1. The highest BCUT2D eigenvalue weighted by molar-refractivity contribution is 7.22. The van der Waals surface area contributed by atoms with Gasteiger partial charge in [0.1, 0.15) is 10.6 Å². The Balaban J connectivity index is 1.57. The maximum Gasteiger partial charge on any atom is 0.407 e. The number of hydrogen-bond acceptors (Lipinski definition) is 7. The summed E-state index contributed by atoms with van der Waals surface area (Å²) >= 11 is 1.45. The first-order valence-electron chi connectivity index (χ1n) is 11.7. The van der Waals surface area contributed by atoms with Crippen LogP contribution in [0.1, 0.15) is 31.9 Å². The van der Waals surface area contributed by atoms with Gasteiger partial charge in [-0.15, -0.1) is 11.3 Å². The molecular formula is C26H27FN4O4S. The van der Waals surface area contributed by atoms with E-state index in [0.29, 0.717) is 40.4 Å². The molecule has 1 N–H and O–H groups in total. The Morgan fingerprint density at radius 3 is 2.78 bits per heavy atom. The molecule has 8 nitrogen and oxygen atoms in total. The van der Waals surface area contributed by atoms with Crippen molar-refractivity contribution in [1.29, 1.82) is 0 Å². The highest BCUT2D eigenvalue weighted by Crippen LogP contribution is 2.45. The van der Waals surface area contributed by atoms with E-state index in [2.05, 4.69) is 9.97 Å². The summed E-state index contributed by atoms with van der Waals surface area (Å²) < 4.78 is 27.3. The number of halogens is 1. The molecule has 0 spiro atoms. The molecule has 0 radical (unpaired) electrons. The number of ether oxygens (including phenoxy) is 2. The van der Waals surface area contributed by atoms with Crippen LogP contribution in [-0.4, -0.2) is 56.9 Å². The van der Waals surface area contributed by atoms with Gasteiger partial charge in [0.25, 0.3) is 0 Å². The van der Waals surface area contributed by atoms with E-state index in [1.54, 1.807) is 13.3 Å². The molecule has 0 unspecified atom stereocenters. The van der Waals surface area contributed by atoms with Crippen molar-refractivity contribution in [3.05, 3.63) is 41.3 Å². The van der Waals surface area contributed by atoms with Gasteiger partial charge in [-0.25, -0.2) is 24.1 Å². The van der Waals surface area contributed by atoms with Gasteiger partial charge in [-0.1, -0.05) is 13.8 Å². The minimum absolute atomic E-state index is 0.141. The fourth-order valence-corrected chi connectivity index (χ4v) is 5.87. The van der Waals surface area contributed by atoms with Gasteiger partial charge in [-0.3, -0.25) is 0 Å². The summed E-state index contributed by atoms with van der Waals surface area (Å²) in [5.74, 6) is 0.261. The summed E-state index contributed by atoms with van der Waals surface area (Å²) in [6.07, 6.45) is 0.932. The Bertz CT molecular complexity index is 1500. The van der Waals surface area contributed by atoms with Gasteiger partial charge in [-0.05, 0) is 37.5 Å². The van der Waals surface area contributed by atoms with E-state index in [-0.39, 0.29) is 18.2 Å². The van der Waals surface area contributed by atoms with Gasteiger partial charge in [0.05, 0.1) is 41.1 Å². The largest absolute Gasteiger partial charge is 0.482 e. The molecule has 188 valence electrons. The maximum atomic E-state index is 15.2. The molecule has 0 bridgehead atoms. The number of methoxy groups -OCH3 is 1. The van der Waals surface area contributed by atoms with Crippen molar-refractivity contribution >= 4 is 38.7 Å². The third kappa shape index (κ3) is 4.30. The first kappa shape index (κ1) is 24.2. The zero-order chi connectivity index (χ0) is 25.8.